The van der Waals surface area contributed by atoms with Crippen LogP contribution in [0.2, 0.25) is 5.15 Å². The predicted molar refractivity (Wildman–Crippen MR) is 64.0 cm³/mol. The van der Waals surface area contributed by atoms with Crippen LogP contribution in [-0.4, -0.2) is 15.1 Å². The van der Waals surface area contributed by atoms with Gasteiger partial charge in [-0.05, 0) is 0 Å². The molecular weight excluding hydrogens is 224 g/mol. The second-order valence-corrected chi connectivity index (χ2v) is 3.55. The lowest BCUT2D eigenvalue weighted by Crippen LogP contribution is -1.86. The maximum Gasteiger partial charge on any atom is 0.133 e. The Morgan fingerprint density at radius 2 is 1.94 bits per heavy atom. The van der Waals surface area contributed by atoms with Crippen molar-refractivity contribution in [2.45, 2.75) is 0 Å². The Morgan fingerprint density at radius 1 is 1.19 bits per heavy atom. The average Bonchev–Trinajstić information content (AvgIpc) is 2.30. The molecule has 1 aromatic carbocycles. The quantitative estimate of drug-likeness (QED) is 0.639. The molecule has 16 heavy (non-hydrogen) atoms. The van der Waals surface area contributed by atoms with E-state index in [9.17, 15) is 5.11 Å². The van der Waals surface area contributed by atoms with Crippen molar-refractivity contribution < 1.29 is 5.11 Å². The standard InChI is InChI=1S/C12H9ClN2O/c13-12-7-10(14-8-15-12)6-11(16)9-4-2-1-3-5-9/h1-8,16H/b11-6+. The molecule has 0 saturated carbocycles. The topological polar surface area (TPSA) is 46.0 Å². The van der Waals surface area contributed by atoms with E-state index in [0.717, 1.165) is 5.56 Å². The molecule has 1 heterocycles. The molecule has 0 amide bonds. The molecule has 0 spiro atoms. The number of halogens is 1. The molecule has 80 valence electrons. The Hall–Kier alpha value is -1.87. The van der Waals surface area contributed by atoms with E-state index in [1.807, 2.05) is 30.3 Å². The zero-order valence-electron chi connectivity index (χ0n) is 8.34. The summed E-state index contributed by atoms with van der Waals surface area (Å²) in [7, 11) is 0. The van der Waals surface area contributed by atoms with Gasteiger partial charge in [-0.1, -0.05) is 41.9 Å². The molecule has 2 rings (SSSR count). The first-order valence-corrected chi connectivity index (χ1v) is 5.07. The van der Waals surface area contributed by atoms with Gasteiger partial charge in [-0.15, -0.1) is 0 Å². The highest BCUT2D eigenvalue weighted by molar-refractivity contribution is 6.29. The van der Waals surface area contributed by atoms with Gasteiger partial charge in [0.15, 0.2) is 0 Å². The van der Waals surface area contributed by atoms with E-state index in [4.69, 9.17) is 11.6 Å². The number of aromatic nitrogens is 2. The number of benzene rings is 1. The summed E-state index contributed by atoms with van der Waals surface area (Å²) >= 11 is 5.71. The second-order valence-electron chi connectivity index (χ2n) is 3.16. The Balaban J connectivity index is 2.32. The van der Waals surface area contributed by atoms with Gasteiger partial charge in [-0.3, -0.25) is 0 Å². The van der Waals surface area contributed by atoms with Crippen LogP contribution in [0.5, 0.6) is 0 Å². The minimum atomic E-state index is 0.148. The molecule has 0 atom stereocenters. The van der Waals surface area contributed by atoms with Gasteiger partial charge in [0.1, 0.15) is 17.2 Å². The number of rotatable bonds is 2. The highest BCUT2D eigenvalue weighted by atomic mass is 35.5. The van der Waals surface area contributed by atoms with Crippen molar-refractivity contribution in [1.82, 2.24) is 9.97 Å². The van der Waals surface area contributed by atoms with E-state index in [0.29, 0.717) is 10.8 Å². The summed E-state index contributed by atoms with van der Waals surface area (Å²) in [5.41, 5.74) is 1.30. The fourth-order valence-corrected chi connectivity index (χ4v) is 1.41. The molecule has 3 nitrogen and oxygen atoms in total. The van der Waals surface area contributed by atoms with Crippen LogP contribution < -0.4 is 0 Å². The monoisotopic (exact) mass is 232 g/mol. The zero-order chi connectivity index (χ0) is 11.4. The number of hydrogen-bond acceptors (Lipinski definition) is 3. The van der Waals surface area contributed by atoms with Gasteiger partial charge >= 0.3 is 0 Å². The van der Waals surface area contributed by atoms with Crippen molar-refractivity contribution in [3.63, 3.8) is 0 Å². The molecule has 2 aromatic rings. The Labute approximate surface area is 98.1 Å². The second kappa shape index (κ2) is 4.77. The van der Waals surface area contributed by atoms with Crippen LogP contribution in [0.25, 0.3) is 11.8 Å². The lowest BCUT2D eigenvalue weighted by molar-refractivity contribution is 0.515. The van der Waals surface area contributed by atoms with Crippen molar-refractivity contribution in [3.8, 4) is 0 Å². The number of aliphatic hydroxyl groups is 1. The van der Waals surface area contributed by atoms with Crippen molar-refractivity contribution >= 4 is 23.4 Å². The maximum atomic E-state index is 9.82. The summed E-state index contributed by atoms with van der Waals surface area (Å²) in [5.74, 6) is 0.148. The first-order chi connectivity index (χ1) is 7.75. The molecule has 0 aliphatic rings. The highest BCUT2D eigenvalue weighted by Crippen LogP contribution is 2.14. The molecule has 4 heteroatoms. The van der Waals surface area contributed by atoms with Crippen molar-refractivity contribution in [1.29, 1.82) is 0 Å². The van der Waals surface area contributed by atoms with Gasteiger partial charge in [0, 0.05) is 17.7 Å². The molecule has 0 fully saturated rings. The molecule has 0 aliphatic carbocycles. The minimum Gasteiger partial charge on any atom is -0.507 e. The van der Waals surface area contributed by atoms with Crippen LogP contribution >= 0.6 is 11.6 Å². The maximum absolute atomic E-state index is 9.82. The van der Waals surface area contributed by atoms with Crippen molar-refractivity contribution in [2.24, 2.45) is 0 Å². The van der Waals surface area contributed by atoms with Crippen LogP contribution in [-0.2, 0) is 0 Å². The van der Waals surface area contributed by atoms with Gasteiger partial charge in [0.25, 0.3) is 0 Å². The van der Waals surface area contributed by atoms with E-state index < -0.39 is 0 Å². The Kier molecular flexibility index (Phi) is 3.17. The fourth-order valence-electron chi connectivity index (χ4n) is 1.26. The highest BCUT2D eigenvalue weighted by Gasteiger charge is 1.99. The first kappa shape index (κ1) is 10.6. The van der Waals surface area contributed by atoms with Crippen LogP contribution in [0.3, 0.4) is 0 Å². The SMILES string of the molecule is O/C(=C/c1cc(Cl)ncn1)c1ccccc1. The van der Waals surface area contributed by atoms with Gasteiger partial charge in [0.05, 0.1) is 5.69 Å². The van der Waals surface area contributed by atoms with Gasteiger partial charge in [-0.2, -0.15) is 0 Å². The summed E-state index contributed by atoms with van der Waals surface area (Å²) in [6.07, 6.45) is 2.90. The van der Waals surface area contributed by atoms with E-state index in [1.165, 1.54) is 6.33 Å². The van der Waals surface area contributed by atoms with Gasteiger partial charge < -0.3 is 5.11 Å². The summed E-state index contributed by atoms with van der Waals surface area (Å²) in [4.78, 5) is 7.74. The van der Waals surface area contributed by atoms with Crippen LogP contribution in [0.4, 0.5) is 0 Å². The molecular formula is C12H9ClN2O. The van der Waals surface area contributed by atoms with Crippen molar-refractivity contribution in [2.75, 3.05) is 0 Å². The third-order valence-corrected chi connectivity index (χ3v) is 2.22. The normalized spacial score (nSPS) is 11.4. The third kappa shape index (κ3) is 2.58. The van der Waals surface area contributed by atoms with Gasteiger partial charge in [-0.25, -0.2) is 9.97 Å². The Morgan fingerprint density at radius 3 is 2.62 bits per heavy atom. The summed E-state index contributed by atoms with van der Waals surface area (Å²) < 4.78 is 0. The van der Waals surface area contributed by atoms with E-state index in [1.54, 1.807) is 12.1 Å². The lowest BCUT2D eigenvalue weighted by Gasteiger charge is -1.99. The van der Waals surface area contributed by atoms with E-state index in [-0.39, 0.29) is 5.76 Å². The number of nitrogens with zero attached hydrogens (tertiary/aromatic N) is 2. The Bertz CT molecular complexity index is 511. The number of aliphatic hydroxyl groups excluding tert-OH is 1. The minimum absolute atomic E-state index is 0.148. The largest absolute Gasteiger partial charge is 0.507 e. The lowest BCUT2D eigenvalue weighted by atomic mass is 10.1. The number of hydrogen-bond donors (Lipinski definition) is 1. The first-order valence-electron chi connectivity index (χ1n) is 4.69. The molecule has 0 saturated heterocycles. The molecule has 0 radical (unpaired) electrons. The smallest absolute Gasteiger partial charge is 0.133 e. The molecule has 0 unspecified atom stereocenters. The predicted octanol–water partition coefficient (Wildman–Crippen LogP) is 3.19. The molecule has 1 N–H and O–H groups in total. The van der Waals surface area contributed by atoms with Crippen molar-refractivity contribution in [3.05, 3.63) is 59.1 Å². The van der Waals surface area contributed by atoms with Crippen LogP contribution in [0.15, 0.2) is 42.7 Å². The van der Waals surface area contributed by atoms with Crippen LogP contribution in [0, 0.1) is 0 Å². The summed E-state index contributed by atoms with van der Waals surface area (Å²) in [5, 5.41) is 10.2. The zero-order valence-corrected chi connectivity index (χ0v) is 9.09. The van der Waals surface area contributed by atoms with E-state index >= 15 is 0 Å². The molecule has 1 aromatic heterocycles. The molecule has 0 aliphatic heterocycles. The fraction of sp³-hybridized carbons (Fsp3) is 0. The third-order valence-electron chi connectivity index (χ3n) is 2.01. The van der Waals surface area contributed by atoms with Gasteiger partial charge in [0.2, 0.25) is 0 Å². The average molecular weight is 233 g/mol. The molecule has 0 bridgehead atoms. The van der Waals surface area contributed by atoms with E-state index in [2.05, 4.69) is 9.97 Å². The summed E-state index contributed by atoms with van der Waals surface area (Å²) in [6, 6.07) is 10.8. The van der Waals surface area contributed by atoms with Crippen LogP contribution in [0.1, 0.15) is 11.3 Å². The summed E-state index contributed by atoms with van der Waals surface area (Å²) in [6.45, 7) is 0.